The molecule has 5 nitrogen and oxygen atoms in total. The normalized spacial score (nSPS) is 12.0. The van der Waals surface area contributed by atoms with Crippen LogP contribution >= 0.6 is 0 Å². The number of H-pyrrole nitrogens is 1. The lowest BCUT2D eigenvalue weighted by molar-refractivity contribution is 0.0939. The van der Waals surface area contributed by atoms with Gasteiger partial charge < -0.3 is 5.32 Å². The van der Waals surface area contributed by atoms with Gasteiger partial charge in [0.15, 0.2) is 0 Å². The van der Waals surface area contributed by atoms with Crippen molar-refractivity contribution in [3.8, 4) is 6.07 Å². The predicted molar refractivity (Wildman–Crippen MR) is 74.9 cm³/mol. The number of nitrogens with one attached hydrogen (secondary N) is 2. The van der Waals surface area contributed by atoms with Crippen LogP contribution in [0.4, 0.5) is 8.78 Å². The van der Waals surface area contributed by atoms with E-state index in [1.807, 2.05) is 13.8 Å². The summed E-state index contributed by atoms with van der Waals surface area (Å²) in [5.41, 5.74) is 0.773. The molecular formula is C15H14F2N4O. The van der Waals surface area contributed by atoms with Crippen LogP contribution in [-0.4, -0.2) is 16.1 Å². The zero-order valence-electron chi connectivity index (χ0n) is 12.0. The van der Waals surface area contributed by atoms with Crippen LogP contribution in [-0.2, 0) is 0 Å². The molecule has 2 rings (SSSR count). The highest BCUT2D eigenvalue weighted by Crippen LogP contribution is 2.18. The van der Waals surface area contributed by atoms with E-state index in [4.69, 9.17) is 5.26 Å². The van der Waals surface area contributed by atoms with Gasteiger partial charge in [0.2, 0.25) is 0 Å². The molecule has 0 spiro atoms. The number of nitriles is 1. The molecule has 1 aromatic carbocycles. The van der Waals surface area contributed by atoms with Crippen molar-refractivity contribution in [2.45, 2.75) is 25.8 Å². The van der Waals surface area contributed by atoms with Gasteiger partial charge in [-0.2, -0.15) is 10.4 Å². The molecule has 0 bridgehead atoms. The van der Waals surface area contributed by atoms with E-state index in [0.29, 0.717) is 6.07 Å². The summed E-state index contributed by atoms with van der Waals surface area (Å²) in [7, 11) is 0. The van der Waals surface area contributed by atoms with Gasteiger partial charge >= 0.3 is 0 Å². The molecular weight excluding hydrogens is 290 g/mol. The number of rotatable bonds is 4. The third-order valence-corrected chi connectivity index (χ3v) is 3.13. The third kappa shape index (κ3) is 3.28. The van der Waals surface area contributed by atoms with Crippen molar-refractivity contribution >= 4 is 5.91 Å². The summed E-state index contributed by atoms with van der Waals surface area (Å²) in [4.78, 5) is 12.1. The summed E-state index contributed by atoms with van der Waals surface area (Å²) in [6.45, 7) is 3.86. The van der Waals surface area contributed by atoms with E-state index in [9.17, 15) is 13.6 Å². The van der Waals surface area contributed by atoms with Crippen LogP contribution < -0.4 is 5.32 Å². The lowest BCUT2D eigenvalue weighted by Gasteiger charge is -2.11. The Morgan fingerprint density at radius 2 is 2.09 bits per heavy atom. The molecule has 7 heteroatoms. The number of carbonyl (C=O) groups excluding carboxylic acids is 1. The fraction of sp³-hybridized carbons (Fsp3) is 0.267. The zero-order chi connectivity index (χ0) is 16.3. The van der Waals surface area contributed by atoms with Crippen molar-refractivity contribution in [3.05, 3.63) is 52.9 Å². The molecule has 0 radical (unpaired) electrons. The molecule has 0 aliphatic heterocycles. The second-order valence-electron chi connectivity index (χ2n) is 5.06. The first-order valence-electron chi connectivity index (χ1n) is 6.63. The average Bonchev–Trinajstić information content (AvgIpc) is 2.95. The highest BCUT2D eigenvalue weighted by atomic mass is 19.1. The minimum Gasteiger partial charge on any atom is -0.331 e. The van der Waals surface area contributed by atoms with Gasteiger partial charge in [-0.3, -0.25) is 9.89 Å². The lowest BCUT2D eigenvalue weighted by Crippen LogP contribution is -2.28. The first kappa shape index (κ1) is 15.6. The number of halogens is 2. The molecule has 2 aromatic rings. The largest absolute Gasteiger partial charge is 0.331 e. The highest BCUT2D eigenvalue weighted by Gasteiger charge is 2.20. The van der Waals surface area contributed by atoms with Gasteiger partial charge in [0.1, 0.15) is 23.4 Å². The van der Waals surface area contributed by atoms with Gasteiger partial charge in [0.25, 0.3) is 5.91 Å². The number of hydrogen-bond donors (Lipinski definition) is 2. The van der Waals surface area contributed by atoms with E-state index < -0.39 is 23.6 Å². The van der Waals surface area contributed by atoms with E-state index in [1.165, 1.54) is 0 Å². The van der Waals surface area contributed by atoms with Crippen molar-refractivity contribution in [1.82, 2.24) is 15.5 Å². The second kappa shape index (κ2) is 6.35. The molecule has 22 heavy (non-hydrogen) atoms. The van der Waals surface area contributed by atoms with E-state index in [1.54, 1.807) is 12.1 Å². The molecule has 0 saturated heterocycles. The third-order valence-electron chi connectivity index (χ3n) is 3.13. The zero-order valence-corrected chi connectivity index (χ0v) is 12.0. The quantitative estimate of drug-likeness (QED) is 0.911. The number of carbonyl (C=O) groups is 1. The number of aromatic nitrogens is 2. The van der Waals surface area contributed by atoms with Crippen LogP contribution in [0.1, 0.15) is 47.6 Å². The Morgan fingerprint density at radius 3 is 2.64 bits per heavy atom. The maximum atomic E-state index is 13.7. The number of aromatic amines is 1. The molecule has 0 unspecified atom stereocenters. The van der Waals surface area contributed by atoms with Crippen LogP contribution in [0.3, 0.4) is 0 Å². The minimum absolute atomic E-state index is 0.100. The monoisotopic (exact) mass is 304 g/mol. The summed E-state index contributed by atoms with van der Waals surface area (Å²) in [5, 5.41) is 18.0. The smallest absolute Gasteiger partial charge is 0.273 e. The molecule has 1 aromatic heterocycles. The number of hydrogen-bond acceptors (Lipinski definition) is 3. The van der Waals surface area contributed by atoms with E-state index in [0.717, 1.165) is 17.8 Å². The Hall–Kier alpha value is -2.75. The van der Waals surface area contributed by atoms with E-state index in [2.05, 4.69) is 15.5 Å². The van der Waals surface area contributed by atoms with Crippen molar-refractivity contribution in [2.24, 2.45) is 0 Å². The topological polar surface area (TPSA) is 81.6 Å². The predicted octanol–water partition coefficient (Wildman–Crippen LogP) is 2.81. The molecule has 0 aliphatic rings. The Kier molecular flexibility index (Phi) is 4.51. The van der Waals surface area contributed by atoms with Crippen LogP contribution in [0.25, 0.3) is 0 Å². The van der Waals surface area contributed by atoms with Gasteiger partial charge in [0.05, 0.1) is 6.07 Å². The fourth-order valence-corrected chi connectivity index (χ4v) is 1.87. The number of benzene rings is 1. The first-order valence-corrected chi connectivity index (χ1v) is 6.63. The Morgan fingerprint density at radius 1 is 1.36 bits per heavy atom. The molecule has 0 saturated carbocycles. The summed E-state index contributed by atoms with van der Waals surface area (Å²) in [6.07, 6.45) is 0. The Bertz CT molecular complexity index is 733. The fourth-order valence-electron chi connectivity index (χ4n) is 1.87. The van der Waals surface area contributed by atoms with E-state index in [-0.39, 0.29) is 17.2 Å². The van der Waals surface area contributed by atoms with Gasteiger partial charge in [0, 0.05) is 17.3 Å². The van der Waals surface area contributed by atoms with Crippen LogP contribution in [0, 0.1) is 23.0 Å². The van der Waals surface area contributed by atoms with Gasteiger partial charge in [-0.05, 0) is 18.1 Å². The van der Waals surface area contributed by atoms with Crippen molar-refractivity contribution in [1.29, 1.82) is 5.26 Å². The number of amides is 1. The Balaban J connectivity index is 2.19. The van der Waals surface area contributed by atoms with Crippen molar-refractivity contribution < 1.29 is 13.6 Å². The van der Waals surface area contributed by atoms with Crippen LogP contribution in [0.2, 0.25) is 0 Å². The standard InChI is InChI=1S/C15H14F2N4O/c1-8(2)12-6-13(21-20-12)15(22)19-14(7-18)10-4-3-9(16)5-11(10)17/h3-6,8,14H,1-2H3,(H,19,22)(H,20,21)/t14-/m1/s1. The lowest BCUT2D eigenvalue weighted by atomic mass is 10.1. The summed E-state index contributed by atoms with van der Waals surface area (Å²) >= 11 is 0. The molecule has 1 atom stereocenters. The first-order chi connectivity index (χ1) is 10.4. The maximum Gasteiger partial charge on any atom is 0.273 e. The van der Waals surface area contributed by atoms with E-state index >= 15 is 0 Å². The second-order valence-corrected chi connectivity index (χ2v) is 5.06. The summed E-state index contributed by atoms with van der Waals surface area (Å²) in [6, 6.07) is 4.93. The summed E-state index contributed by atoms with van der Waals surface area (Å²) in [5.74, 6) is -2.09. The van der Waals surface area contributed by atoms with Crippen LogP contribution in [0.5, 0.6) is 0 Å². The Labute approximate surface area is 126 Å². The van der Waals surface area contributed by atoms with Crippen LogP contribution in [0.15, 0.2) is 24.3 Å². The minimum atomic E-state index is -1.23. The van der Waals surface area contributed by atoms with Gasteiger partial charge in [-0.15, -0.1) is 0 Å². The van der Waals surface area contributed by atoms with Crippen molar-refractivity contribution in [2.75, 3.05) is 0 Å². The summed E-state index contributed by atoms with van der Waals surface area (Å²) < 4.78 is 26.6. The molecule has 2 N–H and O–H groups in total. The van der Waals surface area contributed by atoms with Crippen molar-refractivity contribution in [3.63, 3.8) is 0 Å². The molecule has 114 valence electrons. The molecule has 1 heterocycles. The average molecular weight is 304 g/mol. The molecule has 0 aliphatic carbocycles. The maximum absolute atomic E-state index is 13.7. The molecule has 0 fully saturated rings. The van der Waals surface area contributed by atoms with Gasteiger partial charge in [-0.25, -0.2) is 8.78 Å². The number of nitrogens with zero attached hydrogens (tertiary/aromatic N) is 2. The molecule has 1 amide bonds. The van der Waals surface area contributed by atoms with Gasteiger partial charge in [-0.1, -0.05) is 19.9 Å². The SMILES string of the molecule is CC(C)c1cc(C(=O)N[C@H](C#N)c2ccc(F)cc2F)n[nH]1. The highest BCUT2D eigenvalue weighted by molar-refractivity contribution is 5.92.